The van der Waals surface area contributed by atoms with E-state index in [-0.39, 0.29) is 23.1 Å². The van der Waals surface area contributed by atoms with Gasteiger partial charge in [-0.05, 0) is 74.2 Å². The van der Waals surface area contributed by atoms with E-state index < -0.39 is 0 Å². The fourth-order valence-electron chi connectivity index (χ4n) is 3.22. The lowest BCUT2D eigenvalue weighted by molar-refractivity contribution is 0.0969. The predicted molar refractivity (Wildman–Crippen MR) is 111 cm³/mol. The van der Waals surface area contributed by atoms with Gasteiger partial charge in [0.15, 0.2) is 11.6 Å². The Bertz CT molecular complexity index is 754. The number of Topliss-reactive ketones (excluding diaryl/α,β-unsaturated/α-hetero) is 2. The summed E-state index contributed by atoms with van der Waals surface area (Å²) in [5, 5.41) is 19.0. The number of hydrogen-bond donors (Lipinski definition) is 2. The molecule has 0 aromatic heterocycles. The van der Waals surface area contributed by atoms with Gasteiger partial charge in [-0.2, -0.15) is 0 Å². The summed E-state index contributed by atoms with van der Waals surface area (Å²) in [7, 11) is 0. The first-order chi connectivity index (χ1) is 13.4. The molecule has 0 radical (unpaired) electrons. The lowest BCUT2D eigenvalue weighted by Gasteiger charge is -2.05. The molecule has 0 aliphatic carbocycles. The molecule has 0 unspecified atom stereocenters. The molecule has 0 spiro atoms. The van der Waals surface area contributed by atoms with Gasteiger partial charge in [-0.1, -0.05) is 25.7 Å². The minimum Gasteiger partial charge on any atom is -0.508 e. The van der Waals surface area contributed by atoms with E-state index in [1.807, 2.05) is 0 Å². The third-order valence-electron chi connectivity index (χ3n) is 5.10. The van der Waals surface area contributed by atoms with Gasteiger partial charge in [0, 0.05) is 24.0 Å². The first kappa shape index (κ1) is 21.7. The fourth-order valence-corrected chi connectivity index (χ4v) is 3.22. The van der Waals surface area contributed by atoms with Gasteiger partial charge in [0.05, 0.1) is 0 Å². The van der Waals surface area contributed by atoms with Crippen molar-refractivity contribution in [3.63, 3.8) is 0 Å². The van der Waals surface area contributed by atoms with Crippen molar-refractivity contribution in [2.45, 2.75) is 65.2 Å². The van der Waals surface area contributed by atoms with Gasteiger partial charge in [-0.15, -0.1) is 0 Å². The smallest absolute Gasteiger partial charge is 0.162 e. The largest absolute Gasteiger partial charge is 0.508 e. The molecule has 0 atom stereocenters. The summed E-state index contributed by atoms with van der Waals surface area (Å²) in [5.74, 6) is 0.682. The summed E-state index contributed by atoms with van der Waals surface area (Å²) in [4.78, 5) is 24.3. The molecular weight excluding hydrogens is 352 g/mol. The second-order valence-corrected chi connectivity index (χ2v) is 7.47. The van der Waals surface area contributed by atoms with E-state index >= 15 is 0 Å². The van der Waals surface area contributed by atoms with E-state index in [4.69, 9.17) is 0 Å². The summed E-state index contributed by atoms with van der Waals surface area (Å²) < 4.78 is 0. The Balaban J connectivity index is 1.56. The molecule has 0 heterocycles. The number of phenolic OH excluding ortho intramolecular Hbond substituents is 2. The SMILES string of the molecule is Cc1cc(C(=O)CCCCCCCCC(=O)c2ccc(O)c(C)c2)ccc1O. The number of aromatic hydroxyl groups is 2. The van der Waals surface area contributed by atoms with Gasteiger partial charge in [-0.25, -0.2) is 0 Å². The molecule has 0 aliphatic heterocycles. The van der Waals surface area contributed by atoms with Crippen molar-refractivity contribution in [1.29, 1.82) is 0 Å². The van der Waals surface area contributed by atoms with Crippen LogP contribution >= 0.6 is 0 Å². The number of carbonyl (C=O) groups is 2. The Hall–Kier alpha value is -2.62. The number of phenols is 2. The quantitative estimate of drug-likeness (QED) is 0.375. The summed E-state index contributed by atoms with van der Waals surface area (Å²) in [5.41, 5.74) is 2.78. The van der Waals surface area contributed by atoms with Crippen LogP contribution < -0.4 is 0 Å². The molecule has 2 aromatic rings. The Kier molecular flexibility index (Phi) is 8.24. The summed E-state index contributed by atoms with van der Waals surface area (Å²) in [6.07, 6.45) is 6.94. The zero-order valence-corrected chi connectivity index (χ0v) is 16.8. The number of carbonyl (C=O) groups excluding carboxylic acids is 2. The van der Waals surface area contributed by atoms with Crippen LogP contribution in [-0.4, -0.2) is 21.8 Å². The van der Waals surface area contributed by atoms with E-state index in [0.717, 1.165) is 49.7 Å². The van der Waals surface area contributed by atoms with E-state index in [2.05, 4.69) is 0 Å². The van der Waals surface area contributed by atoms with E-state index in [1.54, 1.807) is 50.2 Å². The highest BCUT2D eigenvalue weighted by Crippen LogP contribution is 2.20. The van der Waals surface area contributed by atoms with Crippen LogP contribution in [0.4, 0.5) is 0 Å². The molecule has 0 amide bonds. The van der Waals surface area contributed by atoms with Crippen LogP contribution in [0.3, 0.4) is 0 Å². The molecule has 2 aromatic carbocycles. The van der Waals surface area contributed by atoms with Crippen LogP contribution in [0.2, 0.25) is 0 Å². The topological polar surface area (TPSA) is 74.6 Å². The van der Waals surface area contributed by atoms with Gasteiger partial charge in [0.2, 0.25) is 0 Å². The predicted octanol–water partition coefficient (Wildman–Crippen LogP) is 5.90. The monoisotopic (exact) mass is 382 g/mol. The Morgan fingerprint density at radius 2 is 1.00 bits per heavy atom. The van der Waals surface area contributed by atoms with Crippen LogP contribution in [0.15, 0.2) is 36.4 Å². The first-order valence-corrected chi connectivity index (χ1v) is 10.0. The van der Waals surface area contributed by atoms with Crippen molar-refractivity contribution in [1.82, 2.24) is 0 Å². The molecule has 2 N–H and O–H groups in total. The van der Waals surface area contributed by atoms with Crippen LogP contribution in [0.1, 0.15) is 83.2 Å². The van der Waals surface area contributed by atoms with E-state index in [1.165, 1.54) is 0 Å². The molecule has 0 saturated carbocycles. The van der Waals surface area contributed by atoms with Crippen molar-refractivity contribution in [2.24, 2.45) is 0 Å². The van der Waals surface area contributed by atoms with Crippen molar-refractivity contribution in [3.8, 4) is 11.5 Å². The van der Waals surface area contributed by atoms with Crippen LogP contribution in [0.25, 0.3) is 0 Å². The maximum absolute atomic E-state index is 12.2. The molecule has 4 nitrogen and oxygen atoms in total. The highest BCUT2D eigenvalue weighted by molar-refractivity contribution is 5.96. The third kappa shape index (κ3) is 6.52. The summed E-state index contributed by atoms with van der Waals surface area (Å²) in [6, 6.07) is 9.98. The molecule has 0 aliphatic rings. The second-order valence-electron chi connectivity index (χ2n) is 7.47. The van der Waals surface area contributed by atoms with Gasteiger partial charge >= 0.3 is 0 Å². The van der Waals surface area contributed by atoms with Crippen molar-refractivity contribution < 1.29 is 19.8 Å². The number of ketones is 2. The zero-order valence-electron chi connectivity index (χ0n) is 16.8. The average Bonchev–Trinajstić information content (AvgIpc) is 2.67. The molecule has 4 heteroatoms. The molecule has 0 bridgehead atoms. The second kappa shape index (κ2) is 10.6. The maximum Gasteiger partial charge on any atom is 0.162 e. The van der Waals surface area contributed by atoms with Crippen LogP contribution in [0.5, 0.6) is 11.5 Å². The number of rotatable bonds is 11. The van der Waals surface area contributed by atoms with Crippen molar-refractivity contribution >= 4 is 11.6 Å². The van der Waals surface area contributed by atoms with Crippen molar-refractivity contribution in [2.75, 3.05) is 0 Å². The van der Waals surface area contributed by atoms with E-state index in [0.29, 0.717) is 24.0 Å². The number of unbranched alkanes of at least 4 members (excludes halogenated alkanes) is 5. The average molecular weight is 383 g/mol. The molecule has 150 valence electrons. The molecule has 0 saturated heterocycles. The van der Waals surface area contributed by atoms with Gasteiger partial charge < -0.3 is 10.2 Å². The first-order valence-electron chi connectivity index (χ1n) is 10.0. The van der Waals surface area contributed by atoms with Gasteiger partial charge in [0.25, 0.3) is 0 Å². The van der Waals surface area contributed by atoms with Crippen molar-refractivity contribution in [3.05, 3.63) is 58.7 Å². The summed E-state index contributed by atoms with van der Waals surface area (Å²) in [6.45, 7) is 3.58. The molecular formula is C24H30O4. The molecule has 2 rings (SSSR count). The number of aryl methyl sites for hydroxylation is 2. The maximum atomic E-state index is 12.2. The standard InChI is InChI=1S/C24H30O4/c1-17-15-19(11-13-21(17)25)23(27)9-7-5-3-4-6-8-10-24(28)20-12-14-22(26)18(2)16-20/h11-16,25-26H,3-10H2,1-2H3. The Morgan fingerprint density at radius 1 is 0.643 bits per heavy atom. The van der Waals surface area contributed by atoms with E-state index in [9.17, 15) is 19.8 Å². The molecule has 0 fully saturated rings. The highest BCUT2D eigenvalue weighted by atomic mass is 16.3. The normalized spacial score (nSPS) is 10.8. The van der Waals surface area contributed by atoms with Gasteiger partial charge in [0.1, 0.15) is 11.5 Å². The lowest BCUT2D eigenvalue weighted by atomic mass is 10.00. The highest BCUT2D eigenvalue weighted by Gasteiger charge is 2.09. The number of hydrogen-bond acceptors (Lipinski definition) is 4. The Labute approximate surface area is 167 Å². The van der Waals surface area contributed by atoms with Crippen LogP contribution in [-0.2, 0) is 0 Å². The lowest BCUT2D eigenvalue weighted by Crippen LogP contribution is -2.00. The van der Waals surface area contributed by atoms with Gasteiger partial charge in [-0.3, -0.25) is 9.59 Å². The third-order valence-corrected chi connectivity index (χ3v) is 5.10. The number of benzene rings is 2. The summed E-state index contributed by atoms with van der Waals surface area (Å²) >= 11 is 0. The fraction of sp³-hybridized carbons (Fsp3) is 0.417. The molecule has 28 heavy (non-hydrogen) atoms. The van der Waals surface area contributed by atoms with Crippen LogP contribution in [0, 0.1) is 13.8 Å². The minimum atomic E-state index is 0.123. The Morgan fingerprint density at radius 3 is 1.36 bits per heavy atom. The zero-order chi connectivity index (χ0) is 20.5. The minimum absolute atomic E-state index is 0.123.